The fraction of sp³-hybridized carbons (Fsp3) is 0.625. The van der Waals surface area contributed by atoms with Gasteiger partial charge in [-0.1, -0.05) is 31.0 Å². The third-order valence-electron chi connectivity index (χ3n) is 4.18. The van der Waals surface area contributed by atoms with E-state index in [1.165, 1.54) is 30.4 Å². The third-order valence-corrected chi connectivity index (χ3v) is 4.18. The summed E-state index contributed by atoms with van der Waals surface area (Å²) in [5.41, 5.74) is 2.57. The fourth-order valence-corrected chi connectivity index (χ4v) is 3.00. The molecular weight excluding hydrogens is 222 g/mol. The van der Waals surface area contributed by atoms with Crippen LogP contribution in [0.15, 0.2) is 18.2 Å². The molecular formula is C16H25NO. The van der Waals surface area contributed by atoms with Crippen LogP contribution in [0.25, 0.3) is 0 Å². The lowest BCUT2D eigenvalue weighted by atomic mass is 10.0. The van der Waals surface area contributed by atoms with E-state index < -0.39 is 0 Å². The van der Waals surface area contributed by atoms with Crippen molar-refractivity contribution in [2.75, 3.05) is 7.11 Å². The Morgan fingerprint density at radius 1 is 1.33 bits per heavy atom. The summed E-state index contributed by atoms with van der Waals surface area (Å²) in [6, 6.07) is 7.42. The number of nitrogens with one attached hydrogen (secondary N) is 1. The molecule has 0 spiro atoms. The van der Waals surface area contributed by atoms with E-state index in [1.807, 2.05) is 0 Å². The highest BCUT2D eigenvalue weighted by Gasteiger charge is 2.25. The summed E-state index contributed by atoms with van der Waals surface area (Å²) in [6.07, 6.45) is 4.02. The van der Waals surface area contributed by atoms with Gasteiger partial charge in [-0.3, -0.25) is 0 Å². The second kappa shape index (κ2) is 5.75. The summed E-state index contributed by atoms with van der Waals surface area (Å²) < 4.78 is 5.47. The Morgan fingerprint density at radius 2 is 2.11 bits per heavy atom. The monoisotopic (exact) mass is 247 g/mol. The zero-order valence-electron chi connectivity index (χ0n) is 12.0. The lowest BCUT2D eigenvalue weighted by molar-refractivity contribution is 0.369. The number of rotatable bonds is 4. The van der Waals surface area contributed by atoms with Gasteiger partial charge in [-0.15, -0.1) is 0 Å². The van der Waals surface area contributed by atoms with Crippen molar-refractivity contribution in [2.24, 2.45) is 5.92 Å². The lowest BCUT2D eigenvalue weighted by Crippen LogP contribution is -2.33. The predicted octanol–water partition coefficient (Wildman–Crippen LogP) is 3.84. The van der Waals surface area contributed by atoms with Crippen LogP contribution in [0.1, 0.15) is 50.3 Å². The summed E-state index contributed by atoms with van der Waals surface area (Å²) in [6.45, 7) is 6.72. The minimum atomic E-state index is 0.352. The highest BCUT2D eigenvalue weighted by Crippen LogP contribution is 2.30. The number of methoxy groups -OCH3 is 1. The van der Waals surface area contributed by atoms with Crippen LogP contribution in [-0.2, 0) is 0 Å². The topological polar surface area (TPSA) is 21.3 Å². The van der Waals surface area contributed by atoms with Gasteiger partial charge in [-0.25, -0.2) is 0 Å². The normalized spacial score (nSPS) is 25.1. The summed E-state index contributed by atoms with van der Waals surface area (Å²) in [5, 5.41) is 3.77. The molecule has 1 saturated carbocycles. The van der Waals surface area contributed by atoms with Crippen molar-refractivity contribution in [3.05, 3.63) is 29.3 Å². The Bertz CT molecular complexity index is 402. The molecule has 3 atom stereocenters. The second-order valence-electron chi connectivity index (χ2n) is 5.65. The Hall–Kier alpha value is -1.02. The van der Waals surface area contributed by atoms with Crippen LogP contribution in [0, 0.1) is 12.8 Å². The summed E-state index contributed by atoms with van der Waals surface area (Å²) in [4.78, 5) is 0. The van der Waals surface area contributed by atoms with E-state index in [0.29, 0.717) is 12.1 Å². The second-order valence-corrected chi connectivity index (χ2v) is 5.65. The number of benzene rings is 1. The first-order valence-electron chi connectivity index (χ1n) is 7.02. The standard InChI is InChI=1S/C16H25NO/c1-11-8-9-16(18-4)14(10-11)13(3)17-15-7-5-6-12(15)2/h8-10,12-13,15,17H,5-7H2,1-4H3. The van der Waals surface area contributed by atoms with E-state index in [0.717, 1.165) is 11.7 Å². The molecule has 0 saturated heterocycles. The molecule has 1 aromatic rings. The Labute approximate surface area is 111 Å². The fourth-order valence-electron chi connectivity index (χ4n) is 3.00. The van der Waals surface area contributed by atoms with Gasteiger partial charge in [0.1, 0.15) is 5.75 Å². The minimum absolute atomic E-state index is 0.352. The van der Waals surface area contributed by atoms with Gasteiger partial charge in [0.05, 0.1) is 7.11 Å². The molecule has 2 nitrogen and oxygen atoms in total. The summed E-state index contributed by atoms with van der Waals surface area (Å²) in [5.74, 6) is 1.79. The van der Waals surface area contributed by atoms with Crippen molar-refractivity contribution in [1.82, 2.24) is 5.32 Å². The molecule has 1 fully saturated rings. The maximum atomic E-state index is 5.47. The van der Waals surface area contributed by atoms with Gasteiger partial charge in [0.15, 0.2) is 0 Å². The molecule has 1 aliphatic carbocycles. The average Bonchev–Trinajstić information content (AvgIpc) is 2.75. The average molecular weight is 247 g/mol. The van der Waals surface area contributed by atoms with Gasteiger partial charge >= 0.3 is 0 Å². The van der Waals surface area contributed by atoms with E-state index in [1.54, 1.807) is 7.11 Å². The highest BCUT2D eigenvalue weighted by molar-refractivity contribution is 5.38. The number of aryl methyl sites for hydroxylation is 1. The van der Waals surface area contributed by atoms with Gasteiger partial charge in [0, 0.05) is 17.6 Å². The lowest BCUT2D eigenvalue weighted by Gasteiger charge is -2.24. The van der Waals surface area contributed by atoms with Gasteiger partial charge < -0.3 is 10.1 Å². The van der Waals surface area contributed by atoms with Crippen LogP contribution in [0.2, 0.25) is 0 Å². The predicted molar refractivity (Wildman–Crippen MR) is 76.1 cm³/mol. The van der Waals surface area contributed by atoms with Gasteiger partial charge in [-0.05, 0) is 38.7 Å². The molecule has 0 aromatic heterocycles. The van der Waals surface area contributed by atoms with E-state index in [2.05, 4.69) is 44.3 Å². The molecule has 3 unspecified atom stereocenters. The third kappa shape index (κ3) is 2.86. The van der Waals surface area contributed by atoms with Gasteiger partial charge in [-0.2, -0.15) is 0 Å². The van der Waals surface area contributed by atoms with Crippen molar-refractivity contribution >= 4 is 0 Å². The van der Waals surface area contributed by atoms with Crippen LogP contribution in [0.3, 0.4) is 0 Å². The summed E-state index contributed by atoms with van der Waals surface area (Å²) in [7, 11) is 1.75. The molecule has 18 heavy (non-hydrogen) atoms. The first-order chi connectivity index (χ1) is 8.61. The molecule has 0 aliphatic heterocycles. The van der Waals surface area contributed by atoms with Crippen LogP contribution < -0.4 is 10.1 Å². The number of hydrogen-bond acceptors (Lipinski definition) is 2. The quantitative estimate of drug-likeness (QED) is 0.872. The van der Waals surface area contributed by atoms with Gasteiger partial charge in [0.25, 0.3) is 0 Å². The van der Waals surface area contributed by atoms with E-state index in [9.17, 15) is 0 Å². The zero-order chi connectivity index (χ0) is 13.1. The first-order valence-corrected chi connectivity index (χ1v) is 7.02. The SMILES string of the molecule is COc1ccc(C)cc1C(C)NC1CCCC1C. The van der Waals surface area contributed by atoms with E-state index >= 15 is 0 Å². The van der Waals surface area contributed by atoms with Crippen molar-refractivity contribution in [3.63, 3.8) is 0 Å². The number of ether oxygens (including phenoxy) is 1. The van der Waals surface area contributed by atoms with E-state index in [4.69, 9.17) is 4.74 Å². The van der Waals surface area contributed by atoms with Crippen LogP contribution in [0.4, 0.5) is 0 Å². The summed E-state index contributed by atoms with van der Waals surface area (Å²) >= 11 is 0. The molecule has 0 radical (unpaired) electrons. The van der Waals surface area contributed by atoms with Crippen molar-refractivity contribution in [3.8, 4) is 5.75 Å². The molecule has 0 amide bonds. The molecule has 100 valence electrons. The van der Waals surface area contributed by atoms with Crippen LogP contribution in [0.5, 0.6) is 5.75 Å². The van der Waals surface area contributed by atoms with Gasteiger partial charge in [0.2, 0.25) is 0 Å². The molecule has 2 rings (SSSR count). The smallest absolute Gasteiger partial charge is 0.123 e. The maximum absolute atomic E-state index is 5.47. The van der Waals surface area contributed by atoms with Crippen molar-refractivity contribution < 1.29 is 4.74 Å². The molecule has 2 heteroatoms. The largest absolute Gasteiger partial charge is 0.496 e. The highest BCUT2D eigenvalue weighted by atomic mass is 16.5. The molecule has 1 aliphatic rings. The molecule has 1 N–H and O–H groups in total. The van der Waals surface area contributed by atoms with Crippen LogP contribution >= 0.6 is 0 Å². The van der Waals surface area contributed by atoms with Crippen molar-refractivity contribution in [2.45, 2.75) is 52.1 Å². The number of hydrogen-bond donors (Lipinski definition) is 1. The zero-order valence-corrected chi connectivity index (χ0v) is 12.0. The Morgan fingerprint density at radius 3 is 2.72 bits per heavy atom. The molecule has 0 bridgehead atoms. The maximum Gasteiger partial charge on any atom is 0.123 e. The Balaban J connectivity index is 2.12. The van der Waals surface area contributed by atoms with Crippen molar-refractivity contribution in [1.29, 1.82) is 0 Å². The first kappa shape index (κ1) is 13.4. The molecule has 0 heterocycles. The molecule has 1 aromatic carbocycles. The minimum Gasteiger partial charge on any atom is -0.496 e. The van der Waals surface area contributed by atoms with Crippen LogP contribution in [-0.4, -0.2) is 13.2 Å². The van der Waals surface area contributed by atoms with E-state index in [-0.39, 0.29) is 0 Å². The Kier molecular flexibility index (Phi) is 4.28.